The summed E-state index contributed by atoms with van der Waals surface area (Å²) in [5.41, 5.74) is -2.04. The van der Waals surface area contributed by atoms with E-state index in [1.165, 1.54) is 6.26 Å². The van der Waals surface area contributed by atoms with Crippen LogP contribution in [0.15, 0.2) is 22.8 Å². The highest BCUT2D eigenvalue weighted by Gasteiger charge is 2.30. The number of nitrogens with zero attached hydrogens (tertiary/aromatic N) is 4. The van der Waals surface area contributed by atoms with Crippen LogP contribution in [0.1, 0.15) is 6.92 Å². The van der Waals surface area contributed by atoms with E-state index >= 15 is 0 Å². The largest absolute Gasteiger partial charge is 0.479 e. The van der Waals surface area contributed by atoms with Crippen molar-refractivity contribution in [3.63, 3.8) is 0 Å². The lowest BCUT2D eigenvalue weighted by Crippen LogP contribution is -2.47. The van der Waals surface area contributed by atoms with E-state index in [9.17, 15) is 14.7 Å². The van der Waals surface area contributed by atoms with Gasteiger partial charge in [-0.2, -0.15) is 4.80 Å². The highest BCUT2D eigenvalue weighted by molar-refractivity contribution is 5.80. The monoisotopic (exact) mass is 295 g/mol. The van der Waals surface area contributed by atoms with Gasteiger partial charge >= 0.3 is 5.97 Å². The van der Waals surface area contributed by atoms with Gasteiger partial charge in [0, 0.05) is 0 Å². The molecule has 3 N–H and O–H groups in total. The number of hydrogen-bond acceptors (Lipinski definition) is 7. The van der Waals surface area contributed by atoms with Gasteiger partial charge in [0.1, 0.15) is 6.54 Å². The first-order chi connectivity index (χ1) is 9.88. The van der Waals surface area contributed by atoms with Crippen LogP contribution in [0.5, 0.6) is 0 Å². The van der Waals surface area contributed by atoms with Gasteiger partial charge in [-0.3, -0.25) is 4.79 Å². The molecule has 0 saturated heterocycles. The zero-order chi connectivity index (χ0) is 15.5. The number of hydrogen-bond donors (Lipinski definition) is 3. The van der Waals surface area contributed by atoms with Crippen molar-refractivity contribution in [3.8, 4) is 11.6 Å². The van der Waals surface area contributed by atoms with Crippen molar-refractivity contribution in [3.05, 3.63) is 18.4 Å². The van der Waals surface area contributed by atoms with Crippen LogP contribution in [0, 0.1) is 0 Å². The molecule has 0 aromatic carbocycles. The lowest BCUT2D eigenvalue weighted by molar-refractivity contribution is -0.156. The third-order valence-corrected chi connectivity index (χ3v) is 2.57. The molecular weight excluding hydrogens is 282 g/mol. The molecule has 0 aliphatic heterocycles. The summed E-state index contributed by atoms with van der Waals surface area (Å²) in [6, 6.07) is 3.31. The molecule has 2 heterocycles. The van der Waals surface area contributed by atoms with Gasteiger partial charge in [-0.25, -0.2) is 4.79 Å². The summed E-state index contributed by atoms with van der Waals surface area (Å²) in [5, 5.41) is 31.7. The predicted octanol–water partition coefficient (Wildman–Crippen LogP) is -1.12. The van der Waals surface area contributed by atoms with Crippen molar-refractivity contribution in [2.45, 2.75) is 19.1 Å². The number of furan rings is 1. The van der Waals surface area contributed by atoms with E-state index in [2.05, 4.69) is 20.7 Å². The second-order valence-electron chi connectivity index (χ2n) is 4.48. The fourth-order valence-electron chi connectivity index (χ4n) is 1.35. The number of carboxylic acids is 1. The summed E-state index contributed by atoms with van der Waals surface area (Å²) in [5.74, 6) is -1.34. The zero-order valence-electron chi connectivity index (χ0n) is 11.1. The Bertz CT molecular complexity index is 633. The molecule has 2 aromatic heterocycles. The zero-order valence-corrected chi connectivity index (χ0v) is 11.1. The number of aromatic nitrogens is 4. The van der Waals surface area contributed by atoms with Crippen molar-refractivity contribution in [1.29, 1.82) is 0 Å². The molecule has 1 amide bonds. The van der Waals surface area contributed by atoms with E-state index < -0.39 is 24.0 Å². The van der Waals surface area contributed by atoms with Crippen LogP contribution < -0.4 is 5.32 Å². The molecule has 112 valence electrons. The number of rotatable bonds is 6. The summed E-state index contributed by atoms with van der Waals surface area (Å²) >= 11 is 0. The standard InChI is InChI=1S/C11H13N5O5/c1-11(20,10(18)19)6-12-8(17)5-16-14-9(13-15-16)7-3-2-4-21-7/h2-4,20H,5-6H2,1H3,(H,12,17)(H,18,19). The molecule has 1 atom stereocenters. The lowest BCUT2D eigenvalue weighted by Gasteiger charge is -2.17. The van der Waals surface area contributed by atoms with E-state index in [-0.39, 0.29) is 12.4 Å². The normalized spacial score (nSPS) is 13.6. The first kappa shape index (κ1) is 14.7. The van der Waals surface area contributed by atoms with Gasteiger partial charge in [-0.1, -0.05) is 0 Å². The molecule has 1 unspecified atom stereocenters. The molecule has 2 rings (SSSR count). The van der Waals surface area contributed by atoms with Crippen LogP contribution in [-0.4, -0.2) is 54.4 Å². The highest BCUT2D eigenvalue weighted by atomic mass is 16.4. The number of nitrogens with one attached hydrogen (secondary N) is 1. The van der Waals surface area contributed by atoms with Crippen molar-refractivity contribution < 1.29 is 24.2 Å². The summed E-state index contributed by atoms with van der Waals surface area (Å²) in [6.45, 7) is 0.392. The van der Waals surface area contributed by atoms with E-state index in [0.29, 0.717) is 5.76 Å². The number of amides is 1. The molecule has 10 nitrogen and oxygen atoms in total. The molecule has 2 aromatic rings. The summed E-state index contributed by atoms with van der Waals surface area (Å²) in [6.07, 6.45) is 1.46. The van der Waals surface area contributed by atoms with Crippen molar-refractivity contribution in [1.82, 2.24) is 25.5 Å². The van der Waals surface area contributed by atoms with Crippen LogP contribution >= 0.6 is 0 Å². The molecule has 0 radical (unpaired) electrons. The number of carbonyl (C=O) groups excluding carboxylic acids is 1. The minimum absolute atomic E-state index is 0.227. The first-order valence-corrected chi connectivity index (χ1v) is 5.92. The Labute approximate surface area is 118 Å². The number of aliphatic carboxylic acids is 1. The predicted molar refractivity (Wildman–Crippen MR) is 66.8 cm³/mol. The Morgan fingerprint density at radius 1 is 1.52 bits per heavy atom. The van der Waals surface area contributed by atoms with Crippen molar-refractivity contribution in [2.24, 2.45) is 0 Å². The van der Waals surface area contributed by atoms with Gasteiger partial charge in [0.25, 0.3) is 0 Å². The number of tetrazole rings is 1. The number of aliphatic hydroxyl groups is 1. The SMILES string of the molecule is CC(O)(CNC(=O)Cn1nnc(-c2ccco2)n1)C(=O)O. The maximum atomic E-state index is 11.6. The average molecular weight is 295 g/mol. The maximum Gasteiger partial charge on any atom is 0.337 e. The van der Waals surface area contributed by atoms with E-state index in [1.807, 2.05) is 0 Å². The Hall–Kier alpha value is -2.75. The van der Waals surface area contributed by atoms with Crippen LogP contribution in [-0.2, 0) is 16.1 Å². The second kappa shape index (κ2) is 5.71. The highest BCUT2D eigenvalue weighted by Crippen LogP contribution is 2.12. The summed E-state index contributed by atoms with van der Waals surface area (Å²) in [4.78, 5) is 23.3. The Morgan fingerprint density at radius 2 is 2.29 bits per heavy atom. The summed E-state index contributed by atoms with van der Waals surface area (Å²) in [7, 11) is 0. The van der Waals surface area contributed by atoms with Gasteiger partial charge in [0.05, 0.1) is 12.8 Å². The first-order valence-electron chi connectivity index (χ1n) is 5.92. The van der Waals surface area contributed by atoms with Crippen LogP contribution in [0.25, 0.3) is 11.6 Å². The molecule has 0 aliphatic rings. The van der Waals surface area contributed by atoms with Crippen LogP contribution in [0.3, 0.4) is 0 Å². The van der Waals surface area contributed by atoms with E-state index in [0.717, 1.165) is 11.7 Å². The van der Waals surface area contributed by atoms with E-state index in [1.54, 1.807) is 12.1 Å². The Morgan fingerprint density at radius 3 is 2.90 bits per heavy atom. The van der Waals surface area contributed by atoms with Crippen LogP contribution in [0.4, 0.5) is 0 Å². The molecule has 10 heteroatoms. The van der Waals surface area contributed by atoms with Gasteiger partial charge < -0.3 is 19.9 Å². The van der Waals surface area contributed by atoms with Gasteiger partial charge in [0.2, 0.25) is 11.7 Å². The fraction of sp³-hybridized carbons (Fsp3) is 0.364. The molecule has 0 fully saturated rings. The minimum Gasteiger partial charge on any atom is -0.479 e. The van der Waals surface area contributed by atoms with E-state index in [4.69, 9.17) is 9.52 Å². The number of carbonyl (C=O) groups is 2. The fourth-order valence-corrected chi connectivity index (χ4v) is 1.35. The minimum atomic E-state index is -2.04. The van der Waals surface area contributed by atoms with Gasteiger partial charge in [-0.05, 0) is 24.3 Å². The Balaban J connectivity index is 1.90. The molecule has 0 aliphatic carbocycles. The molecule has 21 heavy (non-hydrogen) atoms. The molecule has 0 saturated carbocycles. The third kappa shape index (κ3) is 3.63. The topological polar surface area (TPSA) is 143 Å². The van der Waals surface area contributed by atoms with Crippen molar-refractivity contribution >= 4 is 11.9 Å². The smallest absolute Gasteiger partial charge is 0.337 e. The molecule has 0 spiro atoms. The molecule has 0 bridgehead atoms. The Kier molecular flexibility index (Phi) is 3.98. The quantitative estimate of drug-likeness (QED) is 0.608. The lowest BCUT2D eigenvalue weighted by atomic mass is 10.1. The second-order valence-corrected chi connectivity index (χ2v) is 4.48. The van der Waals surface area contributed by atoms with Gasteiger partial charge in [-0.15, -0.1) is 10.2 Å². The van der Waals surface area contributed by atoms with Crippen LogP contribution in [0.2, 0.25) is 0 Å². The summed E-state index contributed by atoms with van der Waals surface area (Å²) < 4.78 is 5.08. The maximum absolute atomic E-state index is 11.6. The van der Waals surface area contributed by atoms with Gasteiger partial charge in [0.15, 0.2) is 11.4 Å². The number of carboxylic acid groups (broad SMARTS) is 1. The van der Waals surface area contributed by atoms with Crippen molar-refractivity contribution in [2.75, 3.05) is 6.54 Å². The average Bonchev–Trinajstić information content (AvgIpc) is 3.06. The third-order valence-electron chi connectivity index (χ3n) is 2.57. The molecular formula is C11H13N5O5.